The van der Waals surface area contributed by atoms with Gasteiger partial charge in [0.05, 0.1) is 17.3 Å². The molecule has 0 fully saturated rings. The quantitative estimate of drug-likeness (QED) is 0.768. The lowest BCUT2D eigenvalue weighted by Crippen LogP contribution is -2.13. The number of hydrogen-bond donors (Lipinski definition) is 0. The summed E-state index contributed by atoms with van der Waals surface area (Å²) >= 11 is 0. The van der Waals surface area contributed by atoms with Crippen molar-refractivity contribution < 1.29 is 17.9 Å². The monoisotopic (exact) mass is 270 g/mol. The van der Waals surface area contributed by atoms with E-state index in [2.05, 4.69) is 4.74 Å². The van der Waals surface area contributed by atoms with Crippen LogP contribution in [0.3, 0.4) is 0 Å². The fraction of sp³-hybridized carbons (Fsp3) is 0.462. The number of ether oxygens (including phenoxy) is 1. The van der Waals surface area contributed by atoms with E-state index in [1.54, 1.807) is 38.1 Å². The van der Waals surface area contributed by atoms with Crippen LogP contribution in [0.5, 0.6) is 0 Å². The fourth-order valence-electron chi connectivity index (χ4n) is 1.47. The molecule has 1 aromatic rings. The van der Waals surface area contributed by atoms with Crippen molar-refractivity contribution in [3.63, 3.8) is 0 Å². The van der Waals surface area contributed by atoms with Crippen molar-refractivity contribution in [1.82, 2.24) is 0 Å². The van der Waals surface area contributed by atoms with E-state index in [-0.39, 0.29) is 5.97 Å². The highest BCUT2D eigenvalue weighted by molar-refractivity contribution is 7.92. The highest BCUT2D eigenvalue weighted by Crippen LogP contribution is 2.17. The van der Waals surface area contributed by atoms with Gasteiger partial charge in [-0.05, 0) is 38.0 Å². The maximum absolute atomic E-state index is 11.9. The average molecular weight is 270 g/mol. The molecule has 0 spiro atoms. The lowest BCUT2D eigenvalue weighted by Gasteiger charge is -2.08. The van der Waals surface area contributed by atoms with Gasteiger partial charge in [-0.1, -0.05) is 12.1 Å². The first-order valence-electron chi connectivity index (χ1n) is 5.77. The first-order valence-corrected chi connectivity index (χ1v) is 7.32. The topological polar surface area (TPSA) is 60.4 Å². The summed E-state index contributed by atoms with van der Waals surface area (Å²) in [6.45, 7) is 3.31. The summed E-state index contributed by atoms with van der Waals surface area (Å²) in [5.41, 5.74) is 0.920. The van der Waals surface area contributed by atoms with Crippen LogP contribution in [0, 0.1) is 0 Å². The second-order valence-electron chi connectivity index (χ2n) is 4.31. The van der Waals surface area contributed by atoms with Crippen molar-refractivity contribution in [2.45, 2.75) is 36.8 Å². The average Bonchev–Trinajstić information content (AvgIpc) is 2.36. The number of carbonyl (C=O) groups is 1. The molecule has 0 unspecified atom stereocenters. The zero-order chi connectivity index (χ0) is 13.8. The molecule has 1 rings (SSSR count). The van der Waals surface area contributed by atoms with Crippen molar-refractivity contribution >= 4 is 15.8 Å². The third-order valence-electron chi connectivity index (χ3n) is 2.72. The van der Waals surface area contributed by atoms with E-state index in [1.165, 1.54) is 7.11 Å². The Morgan fingerprint density at radius 2 is 1.78 bits per heavy atom. The Bertz CT molecular complexity index is 500. The standard InChI is InChI=1S/C13H18O4S/c1-10(2)18(15,16)12-7-4-11(5-8-12)6-9-13(14)17-3/h4-5,7-8,10H,6,9H2,1-3H3. The van der Waals surface area contributed by atoms with Gasteiger partial charge < -0.3 is 4.74 Å². The van der Waals surface area contributed by atoms with Crippen LogP contribution in [0.4, 0.5) is 0 Å². The molecule has 0 bridgehead atoms. The first kappa shape index (κ1) is 14.7. The molecule has 18 heavy (non-hydrogen) atoms. The van der Waals surface area contributed by atoms with Gasteiger partial charge in [0, 0.05) is 6.42 Å². The number of aryl methyl sites for hydroxylation is 1. The predicted octanol–water partition coefficient (Wildman–Crippen LogP) is 1.97. The minimum absolute atomic E-state index is 0.270. The number of sulfone groups is 1. The Morgan fingerprint density at radius 3 is 2.22 bits per heavy atom. The molecule has 0 saturated heterocycles. The van der Waals surface area contributed by atoms with Gasteiger partial charge in [0.15, 0.2) is 9.84 Å². The van der Waals surface area contributed by atoms with Crippen molar-refractivity contribution in [1.29, 1.82) is 0 Å². The molecule has 4 nitrogen and oxygen atoms in total. The largest absolute Gasteiger partial charge is 0.469 e. The molecule has 1 aromatic carbocycles. The van der Waals surface area contributed by atoms with E-state index >= 15 is 0 Å². The van der Waals surface area contributed by atoms with Crippen molar-refractivity contribution in [3.8, 4) is 0 Å². The summed E-state index contributed by atoms with van der Waals surface area (Å²) in [6.07, 6.45) is 0.849. The van der Waals surface area contributed by atoms with E-state index in [9.17, 15) is 13.2 Å². The minimum atomic E-state index is -3.22. The zero-order valence-electron chi connectivity index (χ0n) is 10.8. The molecule has 0 aliphatic carbocycles. The van der Waals surface area contributed by atoms with Crippen LogP contribution in [0.25, 0.3) is 0 Å². The van der Waals surface area contributed by atoms with E-state index in [1.807, 2.05) is 0 Å². The van der Waals surface area contributed by atoms with Gasteiger partial charge in [-0.25, -0.2) is 8.42 Å². The third-order valence-corrected chi connectivity index (χ3v) is 4.89. The van der Waals surface area contributed by atoms with E-state index in [0.717, 1.165) is 5.56 Å². The lowest BCUT2D eigenvalue weighted by atomic mass is 10.1. The molecule has 0 atom stereocenters. The second kappa shape index (κ2) is 6.00. The van der Waals surface area contributed by atoms with E-state index < -0.39 is 15.1 Å². The van der Waals surface area contributed by atoms with Crippen LogP contribution in [-0.4, -0.2) is 26.7 Å². The van der Waals surface area contributed by atoms with Crippen LogP contribution in [0.15, 0.2) is 29.2 Å². The molecular formula is C13H18O4S. The Morgan fingerprint density at radius 1 is 1.22 bits per heavy atom. The fourth-order valence-corrected chi connectivity index (χ4v) is 2.53. The van der Waals surface area contributed by atoms with Gasteiger partial charge in [-0.2, -0.15) is 0 Å². The van der Waals surface area contributed by atoms with Crippen LogP contribution in [0.1, 0.15) is 25.8 Å². The van der Waals surface area contributed by atoms with Crippen molar-refractivity contribution in [3.05, 3.63) is 29.8 Å². The molecule has 5 heteroatoms. The number of hydrogen-bond acceptors (Lipinski definition) is 4. The van der Waals surface area contributed by atoms with Gasteiger partial charge in [0.2, 0.25) is 0 Å². The second-order valence-corrected chi connectivity index (χ2v) is 6.82. The number of methoxy groups -OCH3 is 1. The predicted molar refractivity (Wildman–Crippen MR) is 69.1 cm³/mol. The Labute approximate surface area is 108 Å². The van der Waals surface area contributed by atoms with Gasteiger partial charge in [0.1, 0.15) is 0 Å². The summed E-state index contributed by atoms with van der Waals surface area (Å²) in [4.78, 5) is 11.3. The summed E-state index contributed by atoms with van der Waals surface area (Å²) in [7, 11) is -1.87. The Balaban J connectivity index is 2.78. The van der Waals surface area contributed by atoms with Gasteiger partial charge >= 0.3 is 5.97 Å². The highest BCUT2D eigenvalue weighted by Gasteiger charge is 2.18. The number of rotatable bonds is 5. The summed E-state index contributed by atoms with van der Waals surface area (Å²) in [5, 5.41) is -0.432. The molecule has 0 aliphatic rings. The van der Waals surface area contributed by atoms with Gasteiger partial charge in [-0.15, -0.1) is 0 Å². The molecule has 0 radical (unpaired) electrons. The molecular weight excluding hydrogens is 252 g/mol. The minimum Gasteiger partial charge on any atom is -0.469 e. The van der Waals surface area contributed by atoms with E-state index in [0.29, 0.717) is 17.7 Å². The lowest BCUT2D eigenvalue weighted by molar-refractivity contribution is -0.140. The molecule has 0 saturated carbocycles. The first-order chi connectivity index (χ1) is 8.37. The third kappa shape index (κ3) is 3.57. The van der Waals surface area contributed by atoms with Crippen molar-refractivity contribution in [2.24, 2.45) is 0 Å². The highest BCUT2D eigenvalue weighted by atomic mass is 32.2. The van der Waals surface area contributed by atoms with Crippen LogP contribution >= 0.6 is 0 Å². The zero-order valence-corrected chi connectivity index (χ0v) is 11.7. The van der Waals surface area contributed by atoms with Crippen molar-refractivity contribution in [2.75, 3.05) is 7.11 Å². The van der Waals surface area contributed by atoms with Crippen LogP contribution < -0.4 is 0 Å². The Kier molecular flexibility index (Phi) is 4.90. The molecule has 0 heterocycles. The smallest absolute Gasteiger partial charge is 0.305 e. The number of carbonyl (C=O) groups excluding carboxylic acids is 1. The van der Waals surface area contributed by atoms with Crippen LogP contribution in [0.2, 0.25) is 0 Å². The molecule has 0 aliphatic heterocycles. The van der Waals surface area contributed by atoms with Crippen LogP contribution in [-0.2, 0) is 25.8 Å². The van der Waals surface area contributed by atoms with Gasteiger partial charge in [-0.3, -0.25) is 4.79 Å². The summed E-state index contributed by atoms with van der Waals surface area (Å²) in [5.74, 6) is -0.270. The number of benzene rings is 1. The molecule has 0 N–H and O–H groups in total. The maximum atomic E-state index is 11.9. The number of esters is 1. The maximum Gasteiger partial charge on any atom is 0.305 e. The summed E-state index contributed by atoms with van der Waals surface area (Å²) in [6, 6.07) is 6.64. The molecule has 100 valence electrons. The molecule has 0 aromatic heterocycles. The SMILES string of the molecule is COC(=O)CCc1ccc(S(=O)(=O)C(C)C)cc1. The Hall–Kier alpha value is -1.36. The van der Waals surface area contributed by atoms with Gasteiger partial charge in [0.25, 0.3) is 0 Å². The summed E-state index contributed by atoms with van der Waals surface area (Å²) < 4.78 is 28.3. The normalized spacial score (nSPS) is 11.6. The molecule has 0 amide bonds. The van der Waals surface area contributed by atoms with E-state index in [4.69, 9.17) is 0 Å².